The molecule has 2 rings (SSSR count). The molecule has 48 heavy (non-hydrogen) atoms. The van der Waals surface area contributed by atoms with Gasteiger partial charge in [-0.1, -0.05) is 45.9 Å². The average Bonchev–Trinajstić information content (AvgIpc) is 3.74. The largest absolute Gasteiger partial charge is 0.463 e. The van der Waals surface area contributed by atoms with Gasteiger partial charge in [0.25, 0.3) is 0 Å². The van der Waals surface area contributed by atoms with Gasteiger partial charge >= 0.3 is 11.9 Å². The number of epoxide rings is 1. The Morgan fingerprint density at radius 3 is 2.27 bits per heavy atom. The third kappa shape index (κ3) is 8.84. The van der Waals surface area contributed by atoms with Crippen LogP contribution in [0.4, 0.5) is 0 Å². The predicted octanol–water partition coefficient (Wildman–Crippen LogP) is 0.234. The Bertz CT molecular complexity index is 1260. The van der Waals surface area contributed by atoms with Gasteiger partial charge in [-0.05, 0) is 26.3 Å². The molecule has 2 aliphatic rings. The standard InChI is InChI=1S/C34H52O14/c1-10-11-16(2)31-33(8,48-31)29(41)22-14-46-32(43)26(40)28(45-9)20(6)25(39)19(5)27(47-21(7)36)18(4)12-17(3)23(37)13-24(38)34(44,15-35)30(22)42/h10-12,16-17,19-20,22,24,26-29,31,35,38,40-41,44H,13-15H2,1-9H3/b11-10-,18-12-/t16-,17-,19-,20+,22+,24-,26+,27-,28-,29-,31+,33+,34-/m0/s1. The Morgan fingerprint density at radius 1 is 1.15 bits per heavy atom. The predicted molar refractivity (Wildman–Crippen MR) is 169 cm³/mol. The van der Waals surface area contributed by atoms with Crippen molar-refractivity contribution in [3.8, 4) is 0 Å². The van der Waals surface area contributed by atoms with Gasteiger partial charge in [0.05, 0.1) is 36.8 Å². The first-order chi connectivity index (χ1) is 22.2. The Balaban J connectivity index is 2.67. The molecule has 0 aromatic heterocycles. The fourth-order valence-electron chi connectivity index (χ4n) is 6.51. The van der Waals surface area contributed by atoms with Crippen molar-refractivity contribution in [2.24, 2.45) is 29.6 Å². The smallest absolute Gasteiger partial charge is 0.337 e. The molecule has 14 heteroatoms. The van der Waals surface area contributed by atoms with Crippen molar-refractivity contribution in [3.63, 3.8) is 0 Å². The number of esters is 2. The molecular formula is C34H52O14. The number of ether oxygens (including phenoxy) is 4. The van der Waals surface area contributed by atoms with Crippen LogP contribution in [0.25, 0.3) is 0 Å². The van der Waals surface area contributed by atoms with Gasteiger partial charge in [0, 0.05) is 38.2 Å². The van der Waals surface area contributed by atoms with Crippen LogP contribution in [0.1, 0.15) is 61.8 Å². The quantitative estimate of drug-likeness (QED) is 0.138. The summed E-state index contributed by atoms with van der Waals surface area (Å²) >= 11 is 0. The number of methoxy groups -OCH3 is 1. The van der Waals surface area contributed by atoms with E-state index in [0.29, 0.717) is 5.57 Å². The zero-order valence-corrected chi connectivity index (χ0v) is 29.1. The van der Waals surface area contributed by atoms with Crippen molar-refractivity contribution >= 4 is 29.3 Å². The molecule has 14 nitrogen and oxygen atoms in total. The van der Waals surface area contributed by atoms with E-state index in [1.807, 2.05) is 13.0 Å². The second-order valence-electron chi connectivity index (χ2n) is 13.3. The van der Waals surface area contributed by atoms with Crippen LogP contribution < -0.4 is 0 Å². The van der Waals surface area contributed by atoms with Crippen molar-refractivity contribution in [1.82, 2.24) is 0 Å². The summed E-state index contributed by atoms with van der Waals surface area (Å²) in [5, 5.41) is 55.1. The molecule has 1 fully saturated rings. The van der Waals surface area contributed by atoms with E-state index in [1.54, 1.807) is 13.0 Å². The van der Waals surface area contributed by atoms with Gasteiger partial charge in [0.1, 0.15) is 36.0 Å². The maximum absolute atomic E-state index is 14.0. The molecule has 5 N–H and O–H groups in total. The third-order valence-corrected chi connectivity index (χ3v) is 9.62. The van der Waals surface area contributed by atoms with Crippen molar-refractivity contribution in [1.29, 1.82) is 0 Å². The molecule has 2 aliphatic heterocycles. The van der Waals surface area contributed by atoms with Crippen LogP contribution >= 0.6 is 0 Å². The van der Waals surface area contributed by atoms with Crippen molar-refractivity contribution in [3.05, 3.63) is 23.8 Å². The molecule has 0 aromatic rings. The summed E-state index contributed by atoms with van der Waals surface area (Å²) in [5.74, 6) is -9.88. The Morgan fingerprint density at radius 2 is 1.75 bits per heavy atom. The lowest BCUT2D eigenvalue weighted by Crippen LogP contribution is -2.59. The van der Waals surface area contributed by atoms with E-state index in [2.05, 4.69) is 0 Å². The van der Waals surface area contributed by atoms with Gasteiger partial charge in [-0.3, -0.25) is 19.2 Å². The number of carbonyl (C=O) groups is 5. The molecule has 0 saturated carbocycles. The summed E-state index contributed by atoms with van der Waals surface area (Å²) in [7, 11) is 1.15. The number of cyclic esters (lactones) is 1. The summed E-state index contributed by atoms with van der Waals surface area (Å²) in [4.78, 5) is 66.0. The van der Waals surface area contributed by atoms with Gasteiger partial charge in [-0.15, -0.1) is 0 Å². The number of carbonyl (C=O) groups excluding carboxylic acids is 5. The van der Waals surface area contributed by atoms with Crippen LogP contribution in [0.5, 0.6) is 0 Å². The second-order valence-corrected chi connectivity index (χ2v) is 13.3. The van der Waals surface area contributed by atoms with Crippen molar-refractivity contribution in [2.75, 3.05) is 20.3 Å². The maximum Gasteiger partial charge on any atom is 0.337 e. The molecule has 1 saturated heterocycles. The van der Waals surface area contributed by atoms with Crippen LogP contribution in [0.2, 0.25) is 0 Å². The van der Waals surface area contributed by atoms with Gasteiger partial charge in [0.15, 0.2) is 17.5 Å². The van der Waals surface area contributed by atoms with Gasteiger partial charge in [-0.2, -0.15) is 0 Å². The van der Waals surface area contributed by atoms with E-state index >= 15 is 0 Å². The first-order valence-corrected chi connectivity index (χ1v) is 16.1. The van der Waals surface area contributed by atoms with Crippen LogP contribution in [0.3, 0.4) is 0 Å². The minimum Gasteiger partial charge on any atom is -0.463 e. The fourth-order valence-corrected chi connectivity index (χ4v) is 6.51. The Labute approximate surface area is 281 Å². The topological polar surface area (TPSA) is 227 Å². The zero-order chi connectivity index (χ0) is 36.9. The number of ketones is 3. The lowest BCUT2D eigenvalue weighted by atomic mass is 9.76. The lowest BCUT2D eigenvalue weighted by Gasteiger charge is -2.36. The first-order valence-electron chi connectivity index (χ1n) is 16.1. The van der Waals surface area contributed by atoms with Crippen LogP contribution in [0.15, 0.2) is 23.8 Å². The molecule has 0 bridgehead atoms. The molecular weight excluding hydrogens is 632 g/mol. The highest BCUT2D eigenvalue weighted by Gasteiger charge is 2.63. The van der Waals surface area contributed by atoms with E-state index in [4.69, 9.17) is 18.9 Å². The number of Topliss-reactive ketones (excluding diaryl/α,β-unsaturated/α-hetero) is 3. The Hall–Kier alpha value is -2.85. The molecule has 2 heterocycles. The third-order valence-electron chi connectivity index (χ3n) is 9.62. The number of hydrogen-bond donors (Lipinski definition) is 5. The van der Waals surface area contributed by atoms with E-state index in [1.165, 1.54) is 40.7 Å². The second kappa shape index (κ2) is 16.7. The fraction of sp³-hybridized carbons (Fsp3) is 0.735. The SMILES string of the molecule is C/C=C\[C@H](C)[C@H]1O[C@]1(C)[C@@H](O)[C@H]1COC(=O)[C@H](O)[C@@H](OC)[C@H](C)C(=O)[C@H](C)[C@@H](OC(C)=O)/C(C)=C\[C@H](C)C(=O)C[C@H](O)[C@@](O)(CO)C1=O. The highest BCUT2D eigenvalue weighted by atomic mass is 16.6. The maximum atomic E-state index is 14.0. The summed E-state index contributed by atoms with van der Waals surface area (Å²) in [6.45, 7) is 9.76. The molecule has 0 amide bonds. The summed E-state index contributed by atoms with van der Waals surface area (Å²) < 4.78 is 21.8. The zero-order valence-electron chi connectivity index (χ0n) is 29.1. The number of rotatable bonds is 7. The number of allylic oxidation sites excluding steroid dienone is 2. The van der Waals surface area contributed by atoms with Crippen LogP contribution in [0, 0.1) is 29.6 Å². The van der Waals surface area contributed by atoms with Crippen LogP contribution in [-0.4, -0.2) is 123 Å². The molecule has 13 atom stereocenters. The summed E-state index contributed by atoms with van der Waals surface area (Å²) in [6.07, 6.45) is -5.10. The normalized spacial score (nSPS) is 40.3. The molecule has 272 valence electrons. The molecule has 0 aromatic carbocycles. The number of aliphatic hydroxyl groups excluding tert-OH is 4. The van der Waals surface area contributed by atoms with E-state index in [0.717, 1.165) is 14.0 Å². The number of hydrogen-bond acceptors (Lipinski definition) is 14. The molecule has 0 radical (unpaired) electrons. The lowest BCUT2D eigenvalue weighted by molar-refractivity contribution is -0.177. The first kappa shape index (κ1) is 41.3. The monoisotopic (exact) mass is 684 g/mol. The van der Waals surface area contributed by atoms with Crippen molar-refractivity contribution < 1.29 is 68.5 Å². The van der Waals surface area contributed by atoms with Gasteiger partial charge in [0.2, 0.25) is 0 Å². The Kier molecular flexibility index (Phi) is 14.4. The molecule has 0 aliphatic carbocycles. The number of aliphatic hydroxyl groups is 5. The average molecular weight is 685 g/mol. The van der Waals surface area contributed by atoms with Crippen LogP contribution in [-0.2, 0) is 42.9 Å². The summed E-state index contributed by atoms with van der Waals surface area (Å²) in [6, 6.07) is 0. The summed E-state index contributed by atoms with van der Waals surface area (Å²) in [5.41, 5.74) is -4.10. The minimum absolute atomic E-state index is 0.226. The van der Waals surface area contributed by atoms with Gasteiger partial charge < -0.3 is 44.5 Å². The van der Waals surface area contributed by atoms with Gasteiger partial charge in [-0.25, -0.2) is 4.79 Å². The highest BCUT2D eigenvalue weighted by Crippen LogP contribution is 2.47. The van der Waals surface area contributed by atoms with E-state index < -0.39 is 120 Å². The highest BCUT2D eigenvalue weighted by molar-refractivity contribution is 5.93. The van der Waals surface area contributed by atoms with E-state index in [-0.39, 0.29) is 5.92 Å². The minimum atomic E-state index is -3.00. The van der Waals surface area contributed by atoms with Crippen molar-refractivity contribution in [2.45, 2.75) is 110 Å². The molecule has 0 spiro atoms. The molecule has 0 unspecified atom stereocenters. The van der Waals surface area contributed by atoms with E-state index in [9.17, 15) is 49.5 Å².